The van der Waals surface area contributed by atoms with Crippen LogP contribution in [0, 0.1) is 45.3 Å². The SMILES string of the molecule is CC(=O)O[C@@H]1[C@H]([C@@H]2[C@H]3CC[C@@](C)([C@@H]2OC(C)=O)C3(C)C)[C@H]2CC[C@]1(C)C2(C)C. The van der Waals surface area contributed by atoms with Crippen LogP contribution < -0.4 is 0 Å². The lowest BCUT2D eigenvalue weighted by Gasteiger charge is -2.45. The van der Waals surface area contributed by atoms with Gasteiger partial charge in [0.2, 0.25) is 0 Å². The largest absolute Gasteiger partial charge is 0.462 e. The summed E-state index contributed by atoms with van der Waals surface area (Å²) in [6.07, 6.45) is 4.41. The number of rotatable bonds is 3. The Morgan fingerprint density at radius 3 is 1.29 bits per heavy atom. The number of ether oxygens (including phenoxy) is 2. The number of fused-ring (bicyclic) bond motifs is 4. The molecule has 0 heterocycles. The third-order valence-electron chi connectivity index (χ3n) is 10.7. The zero-order valence-electron chi connectivity index (χ0n) is 18.9. The highest BCUT2D eigenvalue weighted by Crippen LogP contribution is 2.76. The van der Waals surface area contributed by atoms with Crippen molar-refractivity contribution in [1.82, 2.24) is 0 Å². The third-order valence-corrected chi connectivity index (χ3v) is 10.7. The van der Waals surface area contributed by atoms with Crippen molar-refractivity contribution in [3.8, 4) is 0 Å². The number of esters is 2. The van der Waals surface area contributed by atoms with Crippen molar-refractivity contribution >= 4 is 11.9 Å². The zero-order chi connectivity index (χ0) is 20.9. The number of hydrogen-bond acceptors (Lipinski definition) is 4. The van der Waals surface area contributed by atoms with Crippen molar-refractivity contribution in [2.75, 3.05) is 0 Å². The van der Waals surface area contributed by atoms with Crippen LogP contribution in [0.5, 0.6) is 0 Å². The van der Waals surface area contributed by atoms with E-state index in [0.29, 0.717) is 11.8 Å². The molecule has 4 nitrogen and oxygen atoms in total. The van der Waals surface area contributed by atoms with Gasteiger partial charge in [0.15, 0.2) is 0 Å². The highest BCUT2D eigenvalue weighted by Gasteiger charge is 2.76. The molecule has 0 amide bonds. The van der Waals surface area contributed by atoms with Crippen molar-refractivity contribution in [3.63, 3.8) is 0 Å². The smallest absolute Gasteiger partial charge is 0.302 e. The van der Waals surface area contributed by atoms with Crippen LogP contribution in [0.25, 0.3) is 0 Å². The van der Waals surface area contributed by atoms with Crippen LogP contribution in [0.15, 0.2) is 0 Å². The summed E-state index contributed by atoms with van der Waals surface area (Å²) in [4.78, 5) is 24.2. The zero-order valence-corrected chi connectivity index (χ0v) is 18.9. The number of carbonyl (C=O) groups is 2. The van der Waals surface area contributed by atoms with Crippen molar-refractivity contribution in [3.05, 3.63) is 0 Å². The maximum atomic E-state index is 12.1. The van der Waals surface area contributed by atoms with Crippen molar-refractivity contribution < 1.29 is 19.1 Å². The van der Waals surface area contributed by atoms with E-state index >= 15 is 0 Å². The summed E-state index contributed by atoms with van der Waals surface area (Å²) in [5.74, 6) is 1.18. The number of carbonyl (C=O) groups excluding carboxylic acids is 2. The Kier molecular flexibility index (Phi) is 4.16. The molecule has 158 valence electrons. The van der Waals surface area contributed by atoms with Gasteiger partial charge < -0.3 is 9.47 Å². The molecule has 8 atom stereocenters. The first kappa shape index (κ1) is 20.2. The van der Waals surface area contributed by atoms with Crippen LogP contribution in [0.2, 0.25) is 0 Å². The average molecular weight is 391 g/mol. The second-order valence-corrected chi connectivity index (χ2v) is 11.8. The number of hydrogen-bond donors (Lipinski definition) is 0. The van der Waals surface area contributed by atoms with Crippen LogP contribution >= 0.6 is 0 Å². The molecule has 4 fully saturated rings. The van der Waals surface area contributed by atoms with E-state index in [0.717, 1.165) is 12.8 Å². The van der Waals surface area contributed by atoms with Gasteiger partial charge >= 0.3 is 11.9 Å². The first-order valence-corrected chi connectivity index (χ1v) is 11.1. The fraction of sp³-hybridized carbons (Fsp3) is 0.917. The van der Waals surface area contributed by atoms with E-state index < -0.39 is 0 Å². The Hall–Kier alpha value is -1.06. The van der Waals surface area contributed by atoms with Crippen LogP contribution in [-0.4, -0.2) is 24.1 Å². The highest BCUT2D eigenvalue weighted by atomic mass is 16.6. The summed E-state index contributed by atoms with van der Waals surface area (Å²) < 4.78 is 12.2. The Bertz CT molecular complexity index is 649. The van der Waals surface area contributed by atoms with Gasteiger partial charge in [0, 0.05) is 36.5 Å². The van der Waals surface area contributed by atoms with Gasteiger partial charge in [0.1, 0.15) is 12.2 Å². The van der Waals surface area contributed by atoms with E-state index in [1.165, 1.54) is 26.7 Å². The lowest BCUT2D eigenvalue weighted by atomic mass is 9.65. The highest BCUT2D eigenvalue weighted by molar-refractivity contribution is 5.67. The molecular formula is C24H38O4. The van der Waals surface area contributed by atoms with Crippen LogP contribution in [-0.2, 0) is 19.1 Å². The van der Waals surface area contributed by atoms with Crippen LogP contribution in [0.1, 0.15) is 81.1 Å². The molecule has 4 heteroatoms. The normalized spacial score (nSPS) is 50.0. The molecule has 4 rings (SSSR count). The molecule has 0 spiro atoms. The maximum Gasteiger partial charge on any atom is 0.302 e. The maximum absolute atomic E-state index is 12.1. The fourth-order valence-corrected chi connectivity index (χ4v) is 8.48. The quantitative estimate of drug-likeness (QED) is 0.637. The minimum atomic E-state index is -0.183. The summed E-state index contributed by atoms with van der Waals surface area (Å²) in [5, 5.41) is 0. The Balaban J connectivity index is 1.81. The fourth-order valence-electron chi connectivity index (χ4n) is 8.48. The summed E-state index contributed by atoms with van der Waals surface area (Å²) in [6.45, 7) is 17.2. The predicted molar refractivity (Wildman–Crippen MR) is 107 cm³/mol. The van der Waals surface area contributed by atoms with E-state index in [4.69, 9.17) is 9.47 Å². The van der Waals surface area contributed by atoms with Crippen molar-refractivity contribution in [1.29, 1.82) is 0 Å². The van der Waals surface area contributed by atoms with Gasteiger partial charge in [-0.15, -0.1) is 0 Å². The minimum Gasteiger partial charge on any atom is -0.462 e. The van der Waals surface area contributed by atoms with Gasteiger partial charge in [-0.1, -0.05) is 41.5 Å². The van der Waals surface area contributed by atoms with Gasteiger partial charge in [0.05, 0.1) is 0 Å². The lowest BCUT2D eigenvalue weighted by Crippen LogP contribution is -2.49. The molecule has 4 bridgehead atoms. The molecule has 0 N–H and O–H groups in total. The molecule has 0 aromatic rings. The molecular weight excluding hydrogens is 352 g/mol. The molecule has 0 aromatic heterocycles. The molecule has 4 saturated carbocycles. The average Bonchev–Trinajstić information content (AvgIpc) is 3.04. The molecule has 4 aliphatic rings. The van der Waals surface area contributed by atoms with Gasteiger partial charge in [-0.25, -0.2) is 0 Å². The molecule has 0 aromatic carbocycles. The first-order chi connectivity index (χ1) is 12.8. The van der Waals surface area contributed by atoms with E-state index in [-0.39, 0.29) is 57.6 Å². The van der Waals surface area contributed by atoms with E-state index in [1.54, 1.807) is 0 Å². The van der Waals surface area contributed by atoms with Crippen molar-refractivity contribution in [2.24, 2.45) is 45.3 Å². The second-order valence-electron chi connectivity index (χ2n) is 11.8. The molecule has 0 saturated heterocycles. The summed E-state index contributed by atoms with van der Waals surface area (Å²) in [5.41, 5.74) is 0.209. The van der Waals surface area contributed by atoms with E-state index in [1.807, 2.05) is 0 Å². The molecule has 0 radical (unpaired) electrons. The Labute approximate surface area is 170 Å². The van der Waals surface area contributed by atoms with Gasteiger partial charge in [-0.3, -0.25) is 9.59 Å². The predicted octanol–water partition coefficient (Wildman–Crippen LogP) is 4.99. The second kappa shape index (κ2) is 5.76. The summed E-state index contributed by atoms with van der Waals surface area (Å²) >= 11 is 0. The van der Waals surface area contributed by atoms with Gasteiger partial charge in [-0.05, 0) is 48.3 Å². The molecule has 4 aliphatic carbocycles. The first-order valence-electron chi connectivity index (χ1n) is 11.1. The van der Waals surface area contributed by atoms with Crippen LogP contribution in [0.4, 0.5) is 0 Å². The lowest BCUT2D eigenvalue weighted by molar-refractivity contribution is -0.172. The minimum absolute atomic E-state index is 0.0122. The topological polar surface area (TPSA) is 52.6 Å². The van der Waals surface area contributed by atoms with E-state index in [9.17, 15) is 9.59 Å². The van der Waals surface area contributed by atoms with Crippen molar-refractivity contribution in [2.45, 2.75) is 93.3 Å². The van der Waals surface area contributed by atoms with Crippen LogP contribution in [0.3, 0.4) is 0 Å². The standard InChI is InChI=1S/C24H38O4/c1-13(25)27-19-17(15-9-11-23(19,7)21(15,3)4)18-16-10-12-24(8,22(16,5)6)20(18)28-14(2)26/h15-20H,9-12H2,1-8H3/t15-,16-,17+,18+,19-,20-,23+,24+/m1/s1. The summed E-state index contributed by atoms with van der Waals surface area (Å²) in [6, 6.07) is 0. The molecule has 0 unspecified atom stereocenters. The van der Waals surface area contributed by atoms with Gasteiger partial charge in [0.25, 0.3) is 0 Å². The molecule has 0 aliphatic heterocycles. The Morgan fingerprint density at radius 2 is 1.00 bits per heavy atom. The summed E-state index contributed by atoms with van der Waals surface area (Å²) in [7, 11) is 0. The van der Waals surface area contributed by atoms with Gasteiger partial charge in [-0.2, -0.15) is 0 Å². The van der Waals surface area contributed by atoms with E-state index in [2.05, 4.69) is 41.5 Å². The third kappa shape index (κ3) is 2.18. The Morgan fingerprint density at radius 1 is 0.679 bits per heavy atom. The molecule has 28 heavy (non-hydrogen) atoms. The monoisotopic (exact) mass is 390 g/mol.